The molecule has 0 aliphatic heterocycles. The van der Waals surface area contributed by atoms with Crippen molar-refractivity contribution in [3.8, 4) is 0 Å². The fourth-order valence-electron chi connectivity index (χ4n) is 2.46. The molecule has 0 radical (unpaired) electrons. The fraction of sp³-hybridized carbons (Fsp3) is 0.571. The molecule has 0 unspecified atom stereocenters. The number of anilines is 1. The molecule has 2 rings (SSSR count). The molecule has 0 saturated heterocycles. The molecule has 110 valence electrons. The van der Waals surface area contributed by atoms with E-state index in [1.807, 2.05) is 6.92 Å². The number of carbonyl (C=O) groups is 1. The molecule has 0 fully saturated rings. The van der Waals surface area contributed by atoms with Crippen molar-refractivity contribution in [1.29, 1.82) is 0 Å². The number of carbonyl (C=O) groups excluding carboxylic acids is 1. The molecule has 2 N–H and O–H groups in total. The molecule has 1 heterocycles. The van der Waals surface area contributed by atoms with Crippen LogP contribution in [0.3, 0.4) is 0 Å². The maximum Gasteiger partial charge on any atom is 0.341 e. The van der Waals surface area contributed by atoms with Gasteiger partial charge in [0.05, 0.1) is 12.7 Å². The summed E-state index contributed by atoms with van der Waals surface area (Å²) < 4.78 is 4.95. The van der Waals surface area contributed by atoms with E-state index in [-0.39, 0.29) is 5.97 Å². The number of esters is 1. The molecule has 6 heteroatoms. The smallest absolute Gasteiger partial charge is 0.341 e. The summed E-state index contributed by atoms with van der Waals surface area (Å²) in [5, 5.41) is 7.55. The van der Waals surface area contributed by atoms with Gasteiger partial charge in [-0.05, 0) is 50.4 Å². The van der Waals surface area contributed by atoms with Crippen LogP contribution in [0.1, 0.15) is 47.0 Å². The summed E-state index contributed by atoms with van der Waals surface area (Å²) in [5.41, 5.74) is 1.83. The highest BCUT2D eigenvalue weighted by Gasteiger charge is 2.25. The first-order valence-corrected chi connectivity index (χ1v) is 8.17. The summed E-state index contributed by atoms with van der Waals surface area (Å²) in [4.78, 5) is 13.4. The van der Waals surface area contributed by atoms with Crippen LogP contribution < -0.4 is 10.6 Å². The van der Waals surface area contributed by atoms with Crippen molar-refractivity contribution >= 4 is 39.6 Å². The highest BCUT2D eigenvalue weighted by molar-refractivity contribution is 7.80. The van der Waals surface area contributed by atoms with Crippen molar-refractivity contribution < 1.29 is 9.53 Å². The lowest BCUT2D eigenvalue weighted by Gasteiger charge is -2.09. The van der Waals surface area contributed by atoms with E-state index < -0.39 is 0 Å². The molecule has 4 nitrogen and oxygen atoms in total. The molecule has 0 amide bonds. The molecule has 0 atom stereocenters. The molecule has 1 aliphatic rings. The van der Waals surface area contributed by atoms with Crippen LogP contribution in [0.5, 0.6) is 0 Å². The van der Waals surface area contributed by atoms with Crippen LogP contribution in [0.15, 0.2) is 0 Å². The summed E-state index contributed by atoms with van der Waals surface area (Å²) in [5.74, 6) is -0.272. The summed E-state index contributed by atoms with van der Waals surface area (Å²) in [6.07, 6.45) is 5.53. The number of thiophene rings is 1. The third kappa shape index (κ3) is 3.30. The predicted octanol–water partition coefficient (Wildman–Crippen LogP) is 3.11. The average molecular weight is 312 g/mol. The van der Waals surface area contributed by atoms with Gasteiger partial charge in [0.1, 0.15) is 5.00 Å². The van der Waals surface area contributed by atoms with Crippen molar-refractivity contribution in [2.75, 3.05) is 19.0 Å². The number of nitrogens with one attached hydrogen (secondary N) is 2. The van der Waals surface area contributed by atoms with E-state index in [0.717, 1.165) is 36.4 Å². The van der Waals surface area contributed by atoms with Gasteiger partial charge in [-0.3, -0.25) is 0 Å². The van der Waals surface area contributed by atoms with Gasteiger partial charge in [-0.15, -0.1) is 11.3 Å². The van der Waals surface area contributed by atoms with E-state index in [4.69, 9.17) is 17.0 Å². The summed E-state index contributed by atoms with van der Waals surface area (Å²) >= 11 is 6.85. The number of aryl methyl sites for hydroxylation is 1. The molecule has 20 heavy (non-hydrogen) atoms. The topological polar surface area (TPSA) is 50.4 Å². The van der Waals surface area contributed by atoms with Crippen LogP contribution in [0.25, 0.3) is 0 Å². The van der Waals surface area contributed by atoms with Crippen LogP contribution in [-0.2, 0) is 17.6 Å². The van der Waals surface area contributed by atoms with E-state index in [1.165, 1.54) is 24.8 Å². The van der Waals surface area contributed by atoms with Gasteiger partial charge >= 0.3 is 5.97 Å². The largest absolute Gasteiger partial charge is 0.465 e. The molecular weight excluding hydrogens is 292 g/mol. The Balaban J connectivity index is 2.35. The van der Waals surface area contributed by atoms with Crippen molar-refractivity contribution in [3.05, 3.63) is 16.0 Å². The quantitative estimate of drug-likeness (QED) is 0.510. The van der Waals surface area contributed by atoms with Crippen molar-refractivity contribution in [2.24, 2.45) is 0 Å². The first-order valence-electron chi connectivity index (χ1n) is 6.95. The van der Waals surface area contributed by atoms with Crippen molar-refractivity contribution in [3.63, 3.8) is 0 Å². The zero-order valence-corrected chi connectivity index (χ0v) is 13.5. The van der Waals surface area contributed by atoms with Crippen molar-refractivity contribution in [1.82, 2.24) is 5.32 Å². The fourth-order valence-corrected chi connectivity index (χ4v) is 4.05. The van der Waals surface area contributed by atoms with Crippen molar-refractivity contribution in [2.45, 2.75) is 39.0 Å². The molecule has 0 saturated carbocycles. The van der Waals surface area contributed by atoms with Gasteiger partial charge in [-0.25, -0.2) is 4.79 Å². The van der Waals surface area contributed by atoms with Crippen LogP contribution in [-0.4, -0.2) is 24.7 Å². The Morgan fingerprint density at radius 3 is 2.80 bits per heavy atom. The second-order valence-electron chi connectivity index (χ2n) is 4.74. The van der Waals surface area contributed by atoms with E-state index in [9.17, 15) is 4.79 Å². The van der Waals surface area contributed by atoms with Gasteiger partial charge in [0.2, 0.25) is 0 Å². The van der Waals surface area contributed by atoms with Gasteiger partial charge in [-0.2, -0.15) is 0 Å². The molecule has 0 bridgehead atoms. The molecule has 1 aromatic heterocycles. The minimum atomic E-state index is -0.272. The molecule has 0 spiro atoms. The van der Waals surface area contributed by atoms with Gasteiger partial charge < -0.3 is 15.4 Å². The summed E-state index contributed by atoms with van der Waals surface area (Å²) in [7, 11) is 1.43. The summed E-state index contributed by atoms with van der Waals surface area (Å²) in [6.45, 7) is 2.74. The third-order valence-electron chi connectivity index (χ3n) is 3.38. The lowest BCUT2D eigenvalue weighted by molar-refractivity contribution is 0.0601. The maximum atomic E-state index is 12.1. The van der Waals surface area contributed by atoms with Crippen LogP contribution in [0.2, 0.25) is 0 Å². The number of hydrogen-bond donors (Lipinski definition) is 2. The maximum absolute atomic E-state index is 12.1. The van der Waals surface area contributed by atoms with Crippen LogP contribution in [0.4, 0.5) is 5.00 Å². The van der Waals surface area contributed by atoms with Crippen LogP contribution >= 0.6 is 23.6 Å². The van der Waals surface area contributed by atoms with Gasteiger partial charge in [0, 0.05) is 11.4 Å². The Kier molecular flexibility index (Phi) is 5.37. The minimum absolute atomic E-state index is 0.272. The first kappa shape index (κ1) is 15.3. The zero-order chi connectivity index (χ0) is 14.5. The van der Waals surface area contributed by atoms with E-state index >= 15 is 0 Å². The Hall–Kier alpha value is -1.14. The van der Waals surface area contributed by atoms with Crippen LogP contribution in [0, 0.1) is 0 Å². The second kappa shape index (κ2) is 7.04. The number of methoxy groups -OCH3 is 1. The summed E-state index contributed by atoms with van der Waals surface area (Å²) in [6, 6.07) is 0. The lowest BCUT2D eigenvalue weighted by Crippen LogP contribution is -2.28. The standard InChI is InChI=1S/C14H20N2O2S2/c1-3-15-14(19)16-12-11(13(17)18-2)9-7-5-4-6-8-10(9)20-12/h3-8H2,1-2H3,(H2,15,16,19). The molecule has 1 aliphatic carbocycles. The number of thiocarbonyl (C=S) groups is 1. The zero-order valence-electron chi connectivity index (χ0n) is 11.9. The number of ether oxygens (including phenoxy) is 1. The molecular formula is C14H20N2O2S2. The highest BCUT2D eigenvalue weighted by atomic mass is 32.1. The number of fused-ring (bicyclic) bond motifs is 1. The number of hydrogen-bond acceptors (Lipinski definition) is 4. The SMILES string of the molecule is CCNC(=S)Nc1sc2c(c1C(=O)OC)CCCCC2. The Labute approximate surface area is 128 Å². The molecule has 1 aromatic rings. The lowest BCUT2D eigenvalue weighted by atomic mass is 10.1. The average Bonchev–Trinajstić information content (AvgIpc) is 2.60. The Bertz CT molecular complexity index is 512. The minimum Gasteiger partial charge on any atom is -0.465 e. The van der Waals surface area contributed by atoms with Gasteiger partial charge in [0.15, 0.2) is 5.11 Å². The highest BCUT2D eigenvalue weighted by Crippen LogP contribution is 2.37. The normalized spacial score (nSPS) is 14.1. The number of rotatable bonds is 3. The Morgan fingerprint density at radius 2 is 2.10 bits per heavy atom. The first-order chi connectivity index (χ1) is 9.67. The second-order valence-corrected chi connectivity index (χ2v) is 6.26. The monoisotopic (exact) mass is 312 g/mol. The van der Waals surface area contributed by atoms with E-state index in [2.05, 4.69) is 10.6 Å². The van der Waals surface area contributed by atoms with Gasteiger partial charge in [-0.1, -0.05) is 6.42 Å². The molecule has 0 aromatic carbocycles. The van der Waals surface area contributed by atoms with Gasteiger partial charge in [0.25, 0.3) is 0 Å². The van der Waals surface area contributed by atoms with E-state index in [0.29, 0.717) is 10.7 Å². The predicted molar refractivity (Wildman–Crippen MR) is 86.8 cm³/mol. The van der Waals surface area contributed by atoms with E-state index in [1.54, 1.807) is 11.3 Å². The Morgan fingerprint density at radius 1 is 1.35 bits per heavy atom. The third-order valence-corrected chi connectivity index (χ3v) is 4.83.